The summed E-state index contributed by atoms with van der Waals surface area (Å²) in [5, 5.41) is 0. The number of hydrogen-bond donors (Lipinski definition) is 1. The lowest BCUT2D eigenvalue weighted by molar-refractivity contribution is -0.139. The van der Waals surface area contributed by atoms with E-state index >= 15 is 0 Å². The van der Waals surface area contributed by atoms with Gasteiger partial charge in [-0.3, -0.25) is 0 Å². The Morgan fingerprint density at radius 1 is 0.941 bits per heavy atom. The highest BCUT2D eigenvalue weighted by Crippen LogP contribution is 2.31. The molecule has 0 radical (unpaired) electrons. The Morgan fingerprint density at radius 3 is 2.29 bits per heavy atom. The van der Waals surface area contributed by atoms with Gasteiger partial charge in [0.15, 0.2) is 11.5 Å². The number of unbranched alkanes of at least 4 members (excludes halogenated alkanes) is 5. The molecule has 0 unspecified atom stereocenters. The van der Waals surface area contributed by atoms with Crippen LogP contribution in [0.25, 0.3) is 11.8 Å². The number of ether oxygens (including phenoxy) is 4. The summed E-state index contributed by atoms with van der Waals surface area (Å²) in [6, 6.07) is 13.7. The van der Waals surface area contributed by atoms with Gasteiger partial charge in [-0.2, -0.15) is 0 Å². The maximum atomic E-state index is 11.3. The van der Waals surface area contributed by atoms with Crippen molar-refractivity contribution in [2.75, 3.05) is 26.4 Å². The monoisotopic (exact) mass is 465 g/mol. The van der Waals surface area contributed by atoms with E-state index in [4.69, 9.17) is 24.7 Å². The molecule has 1 aliphatic heterocycles. The number of rotatable bonds is 13. The zero-order valence-electron chi connectivity index (χ0n) is 20.0. The average Bonchev–Trinajstić information content (AvgIpc) is 2.85. The summed E-state index contributed by atoms with van der Waals surface area (Å²) in [6.07, 6.45) is 8.30. The number of benzene rings is 2. The van der Waals surface area contributed by atoms with Gasteiger partial charge in [-0.1, -0.05) is 38.3 Å². The van der Waals surface area contributed by atoms with Crippen molar-refractivity contribution in [3.8, 4) is 17.2 Å². The van der Waals surface area contributed by atoms with Crippen molar-refractivity contribution in [1.82, 2.24) is 0 Å². The first kappa shape index (κ1) is 25.2. The van der Waals surface area contributed by atoms with Crippen LogP contribution in [0.2, 0.25) is 0 Å². The minimum absolute atomic E-state index is 0.302. The van der Waals surface area contributed by atoms with E-state index in [0.717, 1.165) is 66.9 Å². The number of nitrogens with two attached hydrogens (primary N) is 1. The maximum Gasteiger partial charge on any atom is 0.333 e. The van der Waals surface area contributed by atoms with Gasteiger partial charge in [-0.05, 0) is 73.4 Å². The number of esters is 1. The molecule has 0 amide bonds. The second kappa shape index (κ2) is 13.3. The van der Waals surface area contributed by atoms with Crippen LogP contribution in [0.4, 0.5) is 0 Å². The highest BCUT2D eigenvalue weighted by Gasteiger charge is 2.11. The van der Waals surface area contributed by atoms with Crippen LogP contribution in [0.5, 0.6) is 17.2 Å². The summed E-state index contributed by atoms with van der Waals surface area (Å²) >= 11 is 0. The molecule has 1 aliphatic rings. The van der Waals surface area contributed by atoms with Gasteiger partial charge in [0, 0.05) is 11.3 Å². The molecule has 0 atom stereocenters. The van der Waals surface area contributed by atoms with Crippen LogP contribution in [-0.2, 0) is 9.53 Å². The average molecular weight is 466 g/mol. The third-order valence-electron chi connectivity index (χ3n) is 5.47. The van der Waals surface area contributed by atoms with Gasteiger partial charge >= 0.3 is 5.97 Å². The van der Waals surface area contributed by atoms with Crippen LogP contribution >= 0.6 is 0 Å². The molecule has 2 aromatic rings. The standard InChI is InChI=1S/C28H35NO5/c1-21(2)28(30)34-16-8-6-4-3-5-7-15-31-24-12-10-23(11-13-24)25(29)19-22-9-14-26-27(20-22)33-18-17-32-26/h9-14,19-20H,1,3-8,15-18,29H2,2H3/b25-19-. The lowest BCUT2D eigenvalue weighted by Crippen LogP contribution is -2.15. The molecule has 0 aromatic heterocycles. The molecule has 6 nitrogen and oxygen atoms in total. The summed E-state index contributed by atoms with van der Waals surface area (Å²) in [7, 11) is 0. The van der Waals surface area contributed by atoms with Crippen molar-refractivity contribution in [2.45, 2.75) is 45.4 Å². The molecule has 2 aromatic carbocycles. The lowest BCUT2D eigenvalue weighted by Gasteiger charge is -2.18. The second-order valence-corrected chi connectivity index (χ2v) is 8.41. The summed E-state index contributed by atoms with van der Waals surface area (Å²) in [4.78, 5) is 11.3. The van der Waals surface area contributed by atoms with E-state index < -0.39 is 0 Å². The molecule has 3 rings (SSSR count). The van der Waals surface area contributed by atoms with Crippen molar-refractivity contribution in [3.63, 3.8) is 0 Å². The fraction of sp³-hybridized carbons (Fsp3) is 0.393. The van der Waals surface area contributed by atoms with Crippen LogP contribution in [-0.4, -0.2) is 32.4 Å². The third kappa shape index (κ3) is 8.18. The Hall–Kier alpha value is -3.41. The van der Waals surface area contributed by atoms with E-state index in [1.165, 1.54) is 0 Å². The van der Waals surface area contributed by atoms with Gasteiger partial charge in [0.25, 0.3) is 0 Å². The van der Waals surface area contributed by atoms with Gasteiger partial charge in [0.1, 0.15) is 19.0 Å². The summed E-state index contributed by atoms with van der Waals surface area (Å²) in [5.74, 6) is 2.06. The smallest absolute Gasteiger partial charge is 0.333 e. The predicted molar refractivity (Wildman–Crippen MR) is 135 cm³/mol. The first-order valence-electron chi connectivity index (χ1n) is 12.0. The largest absolute Gasteiger partial charge is 0.494 e. The van der Waals surface area contributed by atoms with E-state index in [-0.39, 0.29) is 5.97 Å². The Balaban J connectivity index is 1.31. The van der Waals surface area contributed by atoms with Gasteiger partial charge in [0.2, 0.25) is 0 Å². The molecule has 2 N–H and O–H groups in total. The summed E-state index contributed by atoms with van der Waals surface area (Å²) in [6.45, 7) is 7.54. The van der Waals surface area contributed by atoms with Crippen LogP contribution in [0.3, 0.4) is 0 Å². The Kier molecular flexibility index (Phi) is 9.89. The van der Waals surface area contributed by atoms with Crippen LogP contribution < -0.4 is 19.9 Å². The lowest BCUT2D eigenvalue weighted by atomic mass is 10.1. The number of fused-ring (bicyclic) bond motifs is 1. The minimum Gasteiger partial charge on any atom is -0.494 e. The van der Waals surface area contributed by atoms with Crippen molar-refractivity contribution in [3.05, 3.63) is 65.7 Å². The van der Waals surface area contributed by atoms with E-state index in [0.29, 0.717) is 37.7 Å². The number of carbonyl (C=O) groups excluding carboxylic acids is 1. The quantitative estimate of drug-likeness (QED) is 0.175. The van der Waals surface area contributed by atoms with Crippen molar-refractivity contribution >= 4 is 17.7 Å². The van der Waals surface area contributed by atoms with Crippen molar-refractivity contribution < 1.29 is 23.7 Å². The Bertz CT molecular complexity index is 981. The van der Waals surface area contributed by atoms with E-state index in [2.05, 4.69) is 6.58 Å². The molecular weight excluding hydrogens is 430 g/mol. The third-order valence-corrected chi connectivity index (χ3v) is 5.47. The molecule has 0 spiro atoms. The number of carbonyl (C=O) groups is 1. The Labute approximate surface area is 202 Å². The minimum atomic E-state index is -0.302. The molecule has 0 fully saturated rings. The fourth-order valence-electron chi connectivity index (χ4n) is 3.55. The van der Waals surface area contributed by atoms with Gasteiger partial charge in [-0.25, -0.2) is 4.79 Å². The van der Waals surface area contributed by atoms with E-state index in [9.17, 15) is 4.79 Å². The van der Waals surface area contributed by atoms with Crippen LogP contribution in [0, 0.1) is 0 Å². The normalized spacial score (nSPS) is 12.8. The molecule has 0 saturated heterocycles. The van der Waals surface area contributed by atoms with Crippen LogP contribution in [0.1, 0.15) is 56.6 Å². The van der Waals surface area contributed by atoms with Crippen LogP contribution in [0.15, 0.2) is 54.6 Å². The zero-order valence-corrected chi connectivity index (χ0v) is 20.0. The molecule has 182 valence electrons. The molecule has 0 saturated carbocycles. The molecule has 6 heteroatoms. The summed E-state index contributed by atoms with van der Waals surface area (Å²) < 4.78 is 22.1. The second-order valence-electron chi connectivity index (χ2n) is 8.41. The van der Waals surface area contributed by atoms with Gasteiger partial charge in [-0.15, -0.1) is 0 Å². The molecule has 1 heterocycles. The summed E-state index contributed by atoms with van der Waals surface area (Å²) in [5.41, 5.74) is 9.34. The zero-order chi connectivity index (χ0) is 24.2. The fourth-order valence-corrected chi connectivity index (χ4v) is 3.55. The first-order chi connectivity index (χ1) is 16.5. The molecular formula is C28H35NO5. The molecule has 34 heavy (non-hydrogen) atoms. The molecule has 0 aliphatic carbocycles. The topological polar surface area (TPSA) is 80.0 Å². The maximum absolute atomic E-state index is 11.3. The van der Waals surface area contributed by atoms with Crippen molar-refractivity contribution in [1.29, 1.82) is 0 Å². The molecule has 0 bridgehead atoms. The number of hydrogen-bond acceptors (Lipinski definition) is 6. The van der Waals surface area contributed by atoms with Crippen molar-refractivity contribution in [2.24, 2.45) is 5.73 Å². The van der Waals surface area contributed by atoms with E-state index in [1.54, 1.807) is 6.92 Å². The van der Waals surface area contributed by atoms with Gasteiger partial charge < -0.3 is 24.7 Å². The van der Waals surface area contributed by atoms with E-state index in [1.807, 2.05) is 48.5 Å². The highest BCUT2D eigenvalue weighted by atomic mass is 16.6. The predicted octanol–water partition coefficient (Wildman–Crippen LogP) is 5.75. The SMILES string of the molecule is C=C(C)C(=O)OCCCCCCCCOc1ccc(/C(N)=C/c2ccc3c(c2)OCCO3)cc1. The Morgan fingerprint density at radius 2 is 1.59 bits per heavy atom. The highest BCUT2D eigenvalue weighted by molar-refractivity contribution is 5.86. The first-order valence-corrected chi connectivity index (χ1v) is 12.0. The van der Waals surface area contributed by atoms with Gasteiger partial charge in [0.05, 0.1) is 13.2 Å².